The van der Waals surface area contributed by atoms with Crippen LogP contribution in [-0.2, 0) is 76.5 Å². The molecule has 2 aromatic heterocycles. The van der Waals surface area contributed by atoms with E-state index < -0.39 is 16.8 Å². The second-order valence-electron chi connectivity index (χ2n) is 20.9. The lowest BCUT2D eigenvalue weighted by molar-refractivity contribution is -0.147. The molecule has 2 aromatic carbocycles. The molecule has 0 amide bonds. The predicted octanol–water partition coefficient (Wildman–Crippen LogP) is 11.2. The minimum atomic E-state index is -0.645. The number of nitrogens with one attached hydrogen (secondary N) is 1. The third-order valence-corrected chi connectivity index (χ3v) is 16.5. The third kappa shape index (κ3) is 16.9. The number of halogens is 3. The zero-order valence-corrected chi connectivity index (χ0v) is 45.9. The molecule has 6 heterocycles. The van der Waals surface area contributed by atoms with Crippen LogP contribution in [0.25, 0.3) is 0 Å². The molecule has 2 aliphatic carbocycles. The Labute approximate surface area is 459 Å². The lowest BCUT2D eigenvalue weighted by Gasteiger charge is -2.29. The first-order valence-corrected chi connectivity index (χ1v) is 28.8. The fourth-order valence-electron chi connectivity index (χ4n) is 11.4. The van der Waals surface area contributed by atoms with Gasteiger partial charge in [-0.3, -0.25) is 19.7 Å². The lowest BCUT2D eigenvalue weighted by atomic mass is 9.89. The first-order chi connectivity index (χ1) is 36.7. The van der Waals surface area contributed by atoms with Gasteiger partial charge in [-0.25, -0.2) is 13.6 Å². The van der Waals surface area contributed by atoms with Crippen molar-refractivity contribution in [2.75, 3.05) is 80.0 Å². The number of unbranched alkanes of at least 4 members (excludes halogenated alkanes) is 2. The predicted molar refractivity (Wildman–Crippen MR) is 295 cm³/mol. The van der Waals surface area contributed by atoms with E-state index in [2.05, 4.69) is 55.1 Å². The van der Waals surface area contributed by atoms with Crippen molar-refractivity contribution in [2.24, 2.45) is 0 Å². The Bertz CT molecular complexity index is 2450. The number of aromatic nitrogens is 2. The number of esters is 2. The highest BCUT2D eigenvalue weighted by Gasteiger charge is 2.38. The van der Waals surface area contributed by atoms with Crippen molar-refractivity contribution in [3.05, 3.63) is 128 Å². The van der Waals surface area contributed by atoms with Crippen molar-refractivity contribution in [3.63, 3.8) is 0 Å². The molecule has 0 radical (unpaired) electrons. The normalized spacial score (nSPS) is 21.7. The number of fused-ring (bicyclic) bond motifs is 2. The second-order valence-corrected chi connectivity index (χ2v) is 21.8. The molecular weight excluding hydrogens is 1030 g/mol. The van der Waals surface area contributed by atoms with Crippen molar-refractivity contribution in [1.29, 1.82) is 0 Å². The lowest BCUT2D eigenvalue weighted by Crippen LogP contribution is -2.35. The van der Waals surface area contributed by atoms with Gasteiger partial charge in [-0.15, -0.1) is 0 Å². The van der Waals surface area contributed by atoms with Crippen LogP contribution >= 0.6 is 15.9 Å². The molecule has 12 nitrogen and oxygen atoms in total. The van der Waals surface area contributed by atoms with Gasteiger partial charge in [0.2, 0.25) is 0 Å². The van der Waals surface area contributed by atoms with Crippen LogP contribution in [0.15, 0.2) is 60.7 Å². The highest BCUT2D eigenvalue weighted by atomic mass is 79.9. The fraction of sp³-hybridized carbons (Fsp3) is 0.607. The summed E-state index contributed by atoms with van der Waals surface area (Å²) in [5.41, 5.74) is 11.3. The fourth-order valence-corrected chi connectivity index (χ4v) is 12.0. The smallest absolute Gasteiger partial charge is 0.327 e. The van der Waals surface area contributed by atoms with Crippen LogP contribution in [0.3, 0.4) is 0 Å². The van der Waals surface area contributed by atoms with Crippen molar-refractivity contribution in [3.8, 4) is 0 Å². The zero-order chi connectivity index (χ0) is 52.4. The summed E-state index contributed by atoms with van der Waals surface area (Å²) in [7, 11) is 2.71. The maximum atomic E-state index is 14.3. The molecule has 15 heteroatoms. The van der Waals surface area contributed by atoms with Crippen LogP contribution in [0.2, 0.25) is 0 Å². The number of alkyl halides is 1. The number of hydrogen-bond acceptors (Lipinski definition) is 12. The minimum Gasteiger partial charge on any atom is -0.468 e. The third-order valence-electron chi connectivity index (χ3n) is 15.6. The van der Waals surface area contributed by atoms with Crippen molar-refractivity contribution < 1.29 is 46.8 Å². The van der Waals surface area contributed by atoms with Gasteiger partial charge in [0, 0.05) is 80.7 Å². The van der Waals surface area contributed by atoms with Crippen LogP contribution in [0.4, 0.5) is 8.78 Å². The molecule has 76 heavy (non-hydrogen) atoms. The molecule has 4 saturated heterocycles. The standard InChI is InChI=1S/C30H39FN2O4.C17H26N2O.C13H14BrFO3.CH4/c1-35-30(34)29(27-18-23(31)10-12-26(27)22-14-17-36-20-22)33-15-13-25(19-33)37-16-5-4-7-24-11-9-21-6-2-3-8-28(21)32-24;1-2-7-17-14(5-1)8-9-15(19-17)6-3-4-12-20-16-10-11-18-13-16;1-17-13(16)12(14)11-6-9(15)2-3-10(11)8-4-5-18-7-8;/h9-12,18,22,25,29H,2-8,13-17,19-20H2,1H3;8-9,16,18H,1-7,10-13H2;2-3,6,8,12H,4-5,7H2,1H3;1H4/t22?,25-,29?;16-;;/m11../s1. The molecule has 0 saturated carbocycles. The summed E-state index contributed by atoms with van der Waals surface area (Å²) >= 11 is 3.26. The van der Waals surface area contributed by atoms with E-state index in [0.29, 0.717) is 63.4 Å². The molecule has 1 N–H and O–H groups in total. The van der Waals surface area contributed by atoms with Gasteiger partial charge in [-0.2, -0.15) is 0 Å². The SMILES string of the molecule is C.COC(=O)C(Br)c1cc(F)ccc1C1CCOC1.COC(=O)C(c1cc(F)ccc1C1CCOC1)N1CC[C@@H](OCCCCc2ccc3c(n2)CCCC3)C1.c1cc2c(nc1CCCCO[C@@H]1CCNC1)CCCC2. The Balaban J connectivity index is 0.000000182. The van der Waals surface area contributed by atoms with Crippen molar-refractivity contribution in [2.45, 2.75) is 158 Å². The maximum absolute atomic E-state index is 14.3. The van der Waals surface area contributed by atoms with Gasteiger partial charge in [-0.1, -0.05) is 47.6 Å². The average molecular weight is 1120 g/mol. The summed E-state index contributed by atoms with van der Waals surface area (Å²) in [6, 6.07) is 17.6. The first-order valence-electron chi connectivity index (χ1n) is 27.8. The number of rotatable bonds is 19. The molecule has 4 aliphatic heterocycles. The Morgan fingerprint density at radius 1 is 0.684 bits per heavy atom. The minimum absolute atomic E-state index is 0. The van der Waals surface area contributed by atoms with Crippen LogP contribution in [0.5, 0.6) is 0 Å². The molecule has 10 rings (SSSR count). The van der Waals surface area contributed by atoms with Gasteiger partial charge in [0.05, 0.1) is 39.6 Å². The van der Waals surface area contributed by atoms with E-state index in [1.54, 1.807) is 12.1 Å². The van der Waals surface area contributed by atoms with Crippen LogP contribution in [0.1, 0.15) is 163 Å². The van der Waals surface area contributed by atoms with Gasteiger partial charge < -0.3 is 33.7 Å². The summed E-state index contributed by atoms with van der Waals surface area (Å²) in [5.74, 6) is -1.11. The number of benzene rings is 2. The number of methoxy groups -OCH3 is 2. The number of likely N-dealkylation sites (tertiary alicyclic amines) is 1. The highest BCUT2D eigenvalue weighted by molar-refractivity contribution is 9.09. The van der Waals surface area contributed by atoms with Crippen LogP contribution < -0.4 is 5.32 Å². The van der Waals surface area contributed by atoms with Gasteiger partial charge in [0.15, 0.2) is 0 Å². The van der Waals surface area contributed by atoms with E-state index in [-0.39, 0.29) is 43.0 Å². The van der Waals surface area contributed by atoms with Gasteiger partial charge >= 0.3 is 11.9 Å². The molecule has 0 bridgehead atoms. The Hall–Kier alpha value is -4.22. The van der Waals surface area contributed by atoms with Gasteiger partial charge in [0.1, 0.15) is 22.5 Å². The quantitative estimate of drug-likeness (QED) is 0.0545. The maximum Gasteiger partial charge on any atom is 0.327 e. The molecule has 6 aliphatic rings. The summed E-state index contributed by atoms with van der Waals surface area (Å²) in [6.45, 7) is 7.67. The topological polar surface area (TPSA) is 131 Å². The van der Waals surface area contributed by atoms with E-state index >= 15 is 0 Å². The average Bonchev–Trinajstić information content (AvgIpc) is 4.32. The van der Waals surface area contributed by atoms with E-state index in [1.807, 2.05) is 0 Å². The number of nitrogens with zero attached hydrogens (tertiary/aromatic N) is 3. The van der Waals surface area contributed by atoms with Crippen molar-refractivity contribution >= 4 is 27.9 Å². The van der Waals surface area contributed by atoms with E-state index in [1.165, 1.54) is 130 Å². The summed E-state index contributed by atoms with van der Waals surface area (Å²) in [4.78, 5) is 35.7. The van der Waals surface area contributed by atoms with Gasteiger partial charge in [-0.05, 0) is 192 Å². The van der Waals surface area contributed by atoms with Gasteiger partial charge in [0.25, 0.3) is 0 Å². The summed E-state index contributed by atoms with van der Waals surface area (Å²) in [6.07, 6.45) is 20.6. The number of carbonyl (C=O) groups is 2. The Kier molecular flexibility index (Phi) is 24.1. The zero-order valence-electron chi connectivity index (χ0n) is 44.3. The molecule has 0 spiro atoms. The highest BCUT2D eigenvalue weighted by Crippen LogP contribution is 2.38. The molecule has 416 valence electrons. The summed E-state index contributed by atoms with van der Waals surface area (Å²) < 4.78 is 60.5. The largest absolute Gasteiger partial charge is 0.468 e. The second kappa shape index (κ2) is 30.8. The van der Waals surface area contributed by atoms with E-state index in [0.717, 1.165) is 88.6 Å². The number of hydrogen-bond donors (Lipinski definition) is 1. The number of pyridine rings is 2. The first kappa shape index (κ1) is 59.4. The molecule has 6 atom stereocenters. The molecule has 4 fully saturated rings. The summed E-state index contributed by atoms with van der Waals surface area (Å²) in [5, 5.41) is 3.33. The molecule has 4 unspecified atom stereocenters. The van der Waals surface area contributed by atoms with Crippen LogP contribution in [-0.4, -0.2) is 119 Å². The number of carbonyl (C=O) groups excluding carboxylic acids is 2. The molecule has 4 aromatic rings. The number of ether oxygens (including phenoxy) is 6. The van der Waals surface area contributed by atoms with Crippen molar-refractivity contribution in [1.82, 2.24) is 20.2 Å². The van der Waals surface area contributed by atoms with Crippen LogP contribution in [0, 0.1) is 11.6 Å². The van der Waals surface area contributed by atoms with E-state index in [9.17, 15) is 18.4 Å². The molecular formula is C61H83BrF2N4O8. The monoisotopic (exact) mass is 1120 g/mol. The Morgan fingerprint density at radius 2 is 1.22 bits per heavy atom. The number of aryl methyl sites for hydroxylation is 6. The van der Waals surface area contributed by atoms with E-state index in [4.69, 9.17) is 33.7 Å². The Morgan fingerprint density at radius 3 is 1.75 bits per heavy atom.